The molecule has 3 aromatic rings. The fourth-order valence-corrected chi connectivity index (χ4v) is 6.63. The van der Waals surface area contributed by atoms with E-state index in [1.807, 2.05) is 30.0 Å². The van der Waals surface area contributed by atoms with Crippen LogP contribution in [0.3, 0.4) is 0 Å². The summed E-state index contributed by atoms with van der Waals surface area (Å²) in [5.41, 5.74) is 3.35. The standard InChI is InChI=1S/C23H26N4OS2/c1-27-19-4-3-5-20(19)30-23(27)25-16-8-6-15(7-9-16)12-13-24-22-26-18-11-10-17(28-2)14-21(18)29-22/h6-11,14,19-20H,3-5,12-13H2,1-2H3,(H,24,26)/b25-23-/t19-,20?/m1/s1. The van der Waals surface area contributed by atoms with E-state index < -0.39 is 0 Å². The zero-order valence-corrected chi connectivity index (χ0v) is 18.9. The molecular formula is C23H26N4OS2. The Morgan fingerprint density at radius 3 is 2.87 bits per heavy atom. The smallest absolute Gasteiger partial charge is 0.183 e. The molecule has 1 unspecified atom stereocenters. The largest absolute Gasteiger partial charge is 0.497 e. The van der Waals surface area contributed by atoms with Crippen LogP contribution in [0.1, 0.15) is 24.8 Å². The molecule has 5 rings (SSSR count). The van der Waals surface area contributed by atoms with Crippen LogP contribution in [0.25, 0.3) is 10.2 Å². The molecule has 0 amide bonds. The van der Waals surface area contributed by atoms with E-state index in [4.69, 9.17) is 9.73 Å². The number of benzene rings is 2. The second kappa shape index (κ2) is 8.47. The highest BCUT2D eigenvalue weighted by Gasteiger charge is 2.39. The molecule has 2 atom stereocenters. The Balaban J connectivity index is 1.17. The van der Waals surface area contributed by atoms with Gasteiger partial charge in [-0.3, -0.25) is 0 Å². The minimum atomic E-state index is 0.683. The van der Waals surface area contributed by atoms with Gasteiger partial charge in [-0.2, -0.15) is 0 Å². The fourth-order valence-electron chi connectivity index (χ4n) is 4.22. The van der Waals surface area contributed by atoms with Crippen LogP contribution in [0.15, 0.2) is 47.5 Å². The Hall–Kier alpha value is -2.25. The van der Waals surface area contributed by atoms with E-state index in [1.165, 1.54) is 30.0 Å². The number of ether oxygens (including phenoxy) is 1. The van der Waals surface area contributed by atoms with Crippen molar-refractivity contribution in [2.45, 2.75) is 37.0 Å². The molecule has 1 aliphatic heterocycles. The number of nitrogens with one attached hydrogen (secondary N) is 1. The predicted octanol–water partition coefficient (Wildman–Crippen LogP) is 5.55. The lowest BCUT2D eigenvalue weighted by Gasteiger charge is -2.19. The zero-order chi connectivity index (χ0) is 20.5. The maximum absolute atomic E-state index is 5.29. The number of rotatable bonds is 6. The Kier molecular flexibility index (Phi) is 5.56. The van der Waals surface area contributed by atoms with Crippen molar-refractivity contribution in [2.24, 2.45) is 4.99 Å². The summed E-state index contributed by atoms with van der Waals surface area (Å²) in [4.78, 5) is 11.9. The normalized spacial score (nSPS) is 22.1. The molecule has 1 saturated heterocycles. The number of aliphatic imine (C=N–C) groups is 1. The van der Waals surface area contributed by atoms with Crippen molar-refractivity contribution >= 4 is 49.3 Å². The van der Waals surface area contributed by atoms with Crippen LogP contribution in [0, 0.1) is 0 Å². The summed E-state index contributed by atoms with van der Waals surface area (Å²) in [6, 6.07) is 15.3. The summed E-state index contributed by atoms with van der Waals surface area (Å²) in [5, 5.41) is 6.31. The third kappa shape index (κ3) is 4.01. The summed E-state index contributed by atoms with van der Waals surface area (Å²) in [6.07, 6.45) is 4.94. The van der Waals surface area contributed by atoms with E-state index >= 15 is 0 Å². The van der Waals surface area contributed by atoms with Crippen molar-refractivity contribution in [3.63, 3.8) is 0 Å². The van der Waals surface area contributed by atoms with E-state index in [0.717, 1.165) is 45.0 Å². The van der Waals surface area contributed by atoms with Gasteiger partial charge in [0, 0.05) is 24.9 Å². The van der Waals surface area contributed by atoms with Gasteiger partial charge in [0.2, 0.25) is 0 Å². The van der Waals surface area contributed by atoms with Gasteiger partial charge in [-0.1, -0.05) is 41.7 Å². The molecule has 30 heavy (non-hydrogen) atoms. The second-order valence-electron chi connectivity index (χ2n) is 7.86. The Morgan fingerprint density at radius 2 is 2.07 bits per heavy atom. The number of thioether (sulfide) groups is 1. The van der Waals surface area contributed by atoms with Gasteiger partial charge < -0.3 is 15.0 Å². The molecule has 1 N–H and O–H groups in total. The van der Waals surface area contributed by atoms with Gasteiger partial charge in [0.25, 0.3) is 0 Å². The van der Waals surface area contributed by atoms with Crippen LogP contribution in [0.2, 0.25) is 0 Å². The first kappa shape index (κ1) is 19.7. The quantitative estimate of drug-likeness (QED) is 0.547. The van der Waals surface area contributed by atoms with Gasteiger partial charge >= 0.3 is 0 Å². The van der Waals surface area contributed by atoms with Gasteiger partial charge in [-0.15, -0.1) is 0 Å². The lowest BCUT2D eigenvalue weighted by Crippen LogP contribution is -2.30. The molecule has 1 aliphatic carbocycles. The average Bonchev–Trinajstić information content (AvgIpc) is 3.45. The molecule has 1 aromatic heterocycles. The van der Waals surface area contributed by atoms with Crippen molar-refractivity contribution in [3.8, 4) is 5.75 Å². The zero-order valence-electron chi connectivity index (χ0n) is 17.3. The van der Waals surface area contributed by atoms with Crippen molar-refractivity contribution in [3.05, 3.63) is 48.0 Å². The van der Waals surface area contributed by atoms with Crippen LogP contribution in [-0.2, 0) is 6.42 Å². The van der Waals surface area contributed by atoms with Crippen LogP contribution < -0.4 is 10.1 Å². The molecule has 2 fully saturated rings. The average molecular weight is 439 g/mol. The molecular weight excluding hydrogens is 412 g/mol. The van der Waals surface area contributed by atoms with Gasteiger partial charge in [-0.25, -0.2) is 9.98 Å². The third-order valence-electron chi connectivity index (χ3n) is 5.92. The topological polar surface area (TPSA) is 49.8 Å². The molecule has 156 valence electrons. The van der Waals surface area contributed by atoms with Gasteiger partial charge in [0.1, 0.15) is 5.75 Å². The number of fused-ring (bicyclic) bond motifs is 2. The lowest BCUT2D eigenvalue weighted by molar-refractivity contribution is 0.397. The number of amidine groups is 1. The minimum absolute atomic E-state index is 0.683. The van der Waals surface area contributed by atoms with E-state index in [0.29, 0.717) is 6.04 Å². The van der Waals surface area contributed by atoms with Gasteiger partial charge in [-0.05, 0) is 55.2 Å². The predicted molar refractivity (Wildman–Crippen MR) is 129 cm³/mol. The Labute approximate surface area is 185 Å². The SMILES string of the molecule is COc1ccc2nc(NCCc3ccc(/N=C4\SC5CCC[C@H]5N4C)cc3)sc2c1. The first-order valence-electron chi connectivity index (χ1n) is 10.5. The maximum Gasteiger partial charge on any atom is 0.183 e. The number of methoxy groups -OCH3 is 1. The molecule has 0 spiro atoms. The van der Waals surface area contributed by atoms with Crippen molar-refractivity contribution in [2.75, 3.05) is 26.0 Å². The van der Waals surface area contributed by atoms with Crippen LogP contribution in [0.4, 0.5) is 10.8 Å². The van der Waals surface area contributed by atoms with E-state index in [-0.39, 0.29) is 0 Å². The number of hydrogen-bond acceptors (Lipinski definition) is 6. The number of aromatic nitrogens is 1. The summed E-state index contributed by atoms with van der Waals surface area (Å²) in [6.45, 7) is 0.854. The van der Waals surface area contributed by atoms with E-state index in [2.05, 4.69) is 46.5 Å². The summed E-state index contributed by atoms with van der Waals surface area (Å²) in [7, 11) is 3.88. The van der Waals surface area contributed by atoms with E-state index in [1.54, 1.807) is 18.4 Å². The molecule has 7 heteroatoms. The van der Waals surface area contributed by atoms with Crippen LogP contribution in [0.5, 0.6) is 5.75 Å². The second-order valence-corrected chi connectivity index (χ2v) is 10.1. The Morgan fingerprint density at radius 1 is 1.20 bits per heavy atom. The monoisotopic (exact) mass is 438 g/mol. The molecule has 2 aromatic carbocycles. The van der Waals surface area contributed by atoms with Gasteiger partial charge in [0.15, 0.2) is 10.3 Å². The van der Waals surface area contributed by atoms with Crippen molar-refractivity contribution in [1.82, 2.24) is 9.88 Å². The minimum Gasteiger partial charge on any atom is -0.497 e. The van der Waals surface area contributed by atoms with Gasteiger partial charge in [0.05, 0.1) is 23.0 Å². The molecule has 2 heterocycles. The van der Waals surface area contributed by atoms with E-state index in [9.17, 15) is 0 Å². The fraction of sp³-hybridized carbons (Fsp3) is 0.391. The third-order valence-corrected chi connectivity index (χ3v) is 8.34. The van der Waals surface area contributed by atoms with Crippen LogP contribution in [-0.4, -0.2) is 47.0 Å². The molecule has 0 bridgehead atoms. The number of thiazole rings is 1. The highest BCUT2D eigenvalue weighted by Crippen LogP contribution is 2.41. The number of hydrogen-bond donors (Lipinski definition) is 1. The summed E-state index contributed by atoms with van der Waals surface area (Å²) >= 11 is 3.62. The summed E-state index contributed by atoms with van der Waals surface area (Å²) < 4.78 is 6.43. The maximum atomic E-state index is 5.29. The molecule has 5 nitrogen and oxygen atoms in total. The number of anilines is 1. The highest BCUT2D eigenvalue weighted by atomic mass is 32.2. The molecule has 2 aliphatic rings. The van der Waals surface area contributed by atoms with Crippen molar-refractivity contribution in [1.29, 1.82) is 0 Å². The van der Waals surface area contributed by atoms with Crippen LogP contribution >= 0.6 is 23.1 Å². The molecule has 1 saturated carbocycles. The first-order chi connectivity index (χ1) is 14.7. The Bertz CT molecular complexity index is 1060. The first-order valence-corrected chi connectivity index (χ1v) is 12.1. The highest BCUT2D eigenvalue weighted by molar-refractivity contribution is 8.14. The lowest BCUT2D eigenvalue weighted by atomic mass is 10.1. The molecule has 0 radical (unpaired) electrons. The van der Waals surface area contributed by atoms with Crippen molar-refractivity contribution < 1.29 is 4.74 Å². The number of nitrogens with zero attached hydrogens (tertiary/aromatic N) is 3. The summed E-state index contributed by atoms with van der Waals surface area (Å²) in [5.74, 6) is 0.867.